The Morgan fingerprint density at radius 3 is 2.30 bits per heavy atom. The van der Waals surface area contributed by atoms with Gasteiger partial charge in [0.1, 0.15) is 17.9 Å². The molecule has 0 heterocycles. The number of hydrazone groups is 1. The van der Waals surface area contributed by atoms with E-state index in [-0.39, 0.29) is 33.0 Å². The summed E-state index contributed by atoms with van der Waals surface area (Å²) in [7, 11) is 1.53. The molecule has 8 nitrogen and oxygen atoms in total. The van der Waals surface area contributed by atoms with E-state index >= 15 is 0 Å². The molecule has 0 bridgehead atoms. The van der Waals surface area contributed by atoms with E-state index in [4.69, 9.17) is 16.3 Å². The van der Waals surface area contributed by atoms with Crippen LogP contribution in [0.2, 0.25) is 0 Å². The van der Waals surface area contributed by atoms with Crippen LogP contribution in [0.3, 0.4) is 0 Å². The van der Waals surface area contributed by atoms with E-state index in [9.17, 15) is 20.6 Å². The molecule has 162 valence electrons. The van der Waals surface area contributed by atoms with Gasteiger partial charge in [0.2, 0.25) is 0 Å². The summed E-state index contributed by atoms with van der Waals surface area (Å²) < 4.78 is 5.16. The molecule has 0 radical (unpaired) electrons. The number of benzene rings is 3. The Morgan fingerprint density at radius 2 is 1.73 bits per heavy atom. The molecule has 0 aromatic heterocycles. The van der Waals surface area contributed by atoms with E-state index in [0.29, 0.717) is 17.0 Å². The Bertz CT molecular complexity index is 1320. The minimum absolute atomic E-state index is 0.0146. The first-order valence-electron chi connectivity index (χ1n) is 9.49. The molecular weight excluding hydrogens is 442 g/mol. The van der Waals surface area contributed by atoms with Crippen molar-refractivity contribution in [1.29, 1.82) is 10.5 Å². The van der Waals surface area contributed by atoms with E-state index in [1.54, 1.807) is 36.4 Å². The summed E-state index contributed by atoms with van der Waals surface area (Å²) in [5, 5.41) is 34.9. The van der Waals surface area contributed by atoms with Crippen LogP contribution in [-0.4, -0.2) is 18.2 Å². The van der Waals surface area contributed by atoms with E-state index in [1.807, 2.05) is 30.3 Å². The summed E-state index contributed by atoms with van der Waals surface area (Å²) in [6, 6.07) is 21.9. The van der Waals surface area contributed by atoms with Crippen molar-refractivity contribution in [3.05, 3.63) is 99.1 Å². The quantitative estimate of drug-likeness (QED) is 0.214. The smallest absolute Gasteiger partial charge is 0.278 e. The maximum absolute atomic E-state index is 11.8. The fourth-order valence-electron chi connectivity index (χ4n) is 2.96. The molecule has 0 aliphatic rings. The Morgan fingerprint density at radius 1 is 1.09 bits per heavy atom. The number of allylic oxidation sites excluding steroid dienone is 1. The van der Waals surface area contributed by atoms with Crippen LogP contribution in [-0.2, 0) is 0 Å². The van der Waals surface area contributed by atoms with Crippen molar-refractivity contribution >= 4 is 39.8 Å². The minimum atomic E-state index is -0.631. The number of rotatable bonds is 7. The maximum atomic E-state index is 11.8. The Hall–Kier alpha value is -4.66. The molecular formula is C24H16ClN5O3. The summed E-state index contributed by atoms with van der Waals surface area (Å²) in [6.45, 7) is 0. The minimum Gasteiger partial charge on any atom is -0.497 e. The van der Waals surface area contributed by atoms with Crippen molar-refractivity contribution in [2.75, 3.05) is 12.5 Å². The standard InChI is InChI=1S/C24H16ClN5O3/c1-33-20-9-7-16(8-10-20)24(25)22(15-28-29-19-5-3-2-4-6-19)21-11-17(13-26)18(14-27)12-23(21)30(31)32/h2-12,15,29H,1H3/b24-22-,28-15+. The molecule has 0 fully saturated rings. The molecule has 3 aromatic carbocycles. The van der Waals surface area contributed by atoms with Gasteiger partial charge >= 0.3 is 0 Å². The predicted octanol–water partition coefficient (Wildman–Crippen LogP) is 5.55. The number of ether oxygens (including phenoxy) is 1. The number of nitrogens with one attached hydrogen (secondary N) is 1. The van der Waals surface area contributed by atoms with Gasteiger partial charge in [-0.25, -0.2) is 0 Å². The van der Waals surface area contributed by atoms with E-state index < -0.39 is 4.92 Å². The Balaban J connectivity index is 2.21. The number of para-hydroxylation sites is 1. The lowest BCUT2D eigenvalue weighted by atomic mass is 9.96. The van der Waals surface area contributed by atoms with Crippen LogP contribution in [0.4, 0.5) is 11.4 Å². The van der Waals surface area contributed by atoms with Crippen LogP contribution < -0.4 is 10.2 Å². The summed E-state index contributed by atoms with van der Waals surface area (Å²) in [4.78, 5) is 11.2. The van der Waals surface area contributed by atoms with Gasteiger partial charge in [-0.3, -0.25) is 15.5 Å². The molecule has 0 unspecified atom stereocenters. The van der Waals surface area contributed by atoms with Crippen molar-refractivity contribution in [1.82, 2.24) is 0 Å². The van der Waals surface area contributed by atoms with Crippen LogP contribution in [0.5, 0.6) is 5.75 Å². The van der Waals surface area contributed by atoms with Crippen LogP contribution in [0.1, 0.15) is 22.3 Å². The molecule has 0 saturated heterocycles. The highest BCUT2D eigenvalue weighted by molar-refractivity contribution is 6.56. The Kier molecular flexibility index (Phi) is 7.38. The zero-order chi connectivity index (χ0) is 23.8. The summed E-state index contributed by atoms with van der Waals surface area (Å²) in [5.74, 6) is 0.611. The van der Waals surface area contributed by atoms with Gasteiger partial charge in [-0.05, 0) is 48.0 Å². The van der Waals surface area contributed by atoms with Gasteiger partial charge < -0.3 is 4.74 Å². The van der Waals surface area contributed by atoms with Crippen LogP contribution in [0.25, 0.3) is 10.6 Å². The normalized spacial score (nSPS) is 11.3. The lowest BCUT2D eigenvalue weighted by Crippen LogP contribution is -2.01. The molecule has 0 amide bonds. The second-order valence-corrected chi connectivity index (χ2v) is 6.97. The first-order valence-corrected chi connectivity index (χ1v) is 9.87. The maximum Gasteiger partial charge on any atom is 0.278 e. The summed E-state index contributed by atoms with van der Waals surface area (Å²) >= 11 is 6.68. The fraction of sp³-hybridized carbons (Fsp3) is 0.0417. The largest absolute Gasteiger partial charge is 0.497 e. The predicted molar refractivity (Wildman–Crippen MR) is 127 cm³/mol. The number of nitrogens with zero attached hydrogens (tertiary/aromatic N) is 4. The first kappa shape index (κ1) is 23.0. The van der Waals surface area contributed by atoms with E-state index in [1.165, 1.54) is 19.4 Å². The second-order valence-electron chi connectivity index (χ2n) is 6.59. The number of nitro benzene ring substituents is 1. The fourth-order valence-corrected chi connectivity index (χ4v) is 3.24. The highest BCUT2D eigenvalue weighted by Crippen LogP contribution is 2.35. The molecule has 1 N–H and O–H groups in total. The molecule has 0 saturated carbocycles. The summed E-state index contributed by atoms with van der Waals surface area (Å²) in [5.41, 5.74) is 3.83. The van der Waals surface area contributed by atoms with Crippen molar-refractivity contribution in [3.63, 3.8) is 0 Å². The van der Waals surface area contributed by atoms with Crippen molar-refractivity contribution in [2.24, 2.45) is 5.10 Å². The molecule has 9 heteroatoms. The van der Waals surface area contributed by atoms with Gasteiger partial charge in [-0.15, -0.1) is 0 Å². The monoisotopic (exact) mass is 457 g/mol. The van der Waals surface area contributed by atoms with Gasteiger partial charge in [-0.1, -0.05) is 29.8 Å². The number of halogens is 1. The van der Waals surface area contributed by atoms with Gasteiger partial charge in [0.25, 0.3) is 5.69 Å². The zero-order valence-electron chi connectivity index (χ0n) is 17.3. The number of nitriles is 2. The van der Waals surface area contributed by atoms with Crippen molar-refractivity contribution < 1.29 is 9.66 Å². The molecule has 0 aliphatic heterocycles. The average molecular weight is 458 g/mol. The molecule has 3 aromatic rings. The van der Waals surface area contributed by atoms with Gasteiger partial charge in [-0.2, -0.15) is 15.6 Å². The van der Waals surface area contributed by atoms with Gasteiger partial charge in [0.05, 0.1) is 45.7 Å². The third-order valence-electron chi connectivity index (χ3n) is 4.60. The van der Waals surface area contributed by atoms with Crippen molar-refractivity contribution in [2.45, 2.75) is 0 Å². The van der Waals surface area contributed by atoms with E-state index in [0.717, 1.165) is 6.07 Å². The third-order valence-corrected chi connectivity index (χ3v) is 5.03. The van der Waals surface area contributed by atoms with Gasteiger partial charge in [0, 0.05) is 11.6 Å². The first-order chi connectivity index (χ1) is 16.0. The lowest BCUT2D eigenvalue weighted by molar-refractivity contribution is -0.385. The highest BCUT2D eigenvalue weighted by atomic mass is 35.5. The number of nitro groups is 1. The van der Waals surface area contributed by atoms with Gasteiger partial charge in [0.15, 0.2) is 0 Å². The summed E-state index contributed by atoms with van der Waals surface area (Å²) in [6.07, 6.45) is 1.34. The molecule has 33 heavy (non-hydrogen) atoms. The van der Waals surface area contributed by atoms with E-state index in [2.05, 4.69) is 10.5 Å². The highest BCUT2D eigenvalue weighted by Gasteiger charge is 2.23. The number of hydrogen-bond donors (Lipinski definition) is 1. The topological polar surface area (TPSA) is 124 Å². The third kappa shape index (κ3) is 5.34. The van der Waals surface area contributed by atoms with Crippen LogP contribution >= 0.6 is 11.6 Å². The van der Waals surface area contributed by atoms with Crippen LogP contribution in [0.15, 0.2) is 71.8 Å². The molecule has 0 spiro atoms. The number of methoxy groups -OCH3 is 1. The number of hydrogen-bond acceptors (Lipinski definition) is 7. The SMILES string of the molecule is COc1ccc(/C(Cl)=C(\C=N\Nc2ccccc2)c2cc(C#N)c(C#N)cc2[N+](=O)[O-])cc1. The zero-order valence-corrected chi connectivity index (χ0v) is 18.1. The van der Waals surface area contributed by atoms with Crippen LogP contribution in [0, 0.1) is 32.8 Å². The number of anilines is 1. The molecule has 0 aliphatic carbocycles. The Labute approximate surface area is 194 Å². The molecule has 0 atom stereocenters. The molecule has 3 rings (SSSR count). The lowest BCUT2D eigenvalue weighted by Gasteiger charge is -2.10. The second kappa shape index (κ2) is 10.6. The average Bonchev–Trinajstić information content (AvgIpc) is 2.86. The van der Waals surface area contributed by atoms with Crippen molar-refractivity contribution in [3.8, 4) is 17.9 Å².